The lowest BCUT2D eigenvalue weighted by atomic mass is 9.89. The van der Waals surface area contributed by atoms with Crippen molar-refractivity contribution >= 4 is 51.8 Å². The third-order valence-corrected chi connectivity index (χ3v) is 7.00. The molecule has 1 amide bonds. The predicted octanol–water partition coefficient (Wildman–Crippen LogP) is 6.03. The summed E-state index contributed by atoms with van der Waals surface area (Å²) in [5, 5.41) is 7.07. The van der Waals surface area contributed by atoms with Gasteiger partial charge in [0.15, 0.2) is 0 Å². The molecular formula is C24H27Cl2N5O2. The molecular weight excluding hydrogens is 461 g/mol. The van der Waals surface area contributed by atoms with Gasteiger partial charge in [0.2, 0.25) is 5.95 Å². The molecule has 2 aromatic heterocycles. The summed E-state index contributed by atoms with van der Waals surface area (Å²) in [5.41, 5.74) is 3.08. The molecule has 2 aliphatic rings. The van der Waals surface area contributed by atoms with Gasteiger partial charge in [0.25, 0.3) is 5.91 Å². The van der Waals surface area contributed by atoms with Crippen LogP contribution in [0.4, 0.5) is 11.6 Å². The van der Waals surface area contributed by atoms with Crippen molar-refractivity contribution in [2.45, 2.75) is 58.0 Å². The minimum absolute atomic E-state index is 0.110. The Kier molecular flexibility index (Phi) is 5.87. The summed E-state index contributed by atoms with van der Waals surface area (Å²) in [6, 6.07) is 1.82. The Morgan fingerprint density at radius 1 is 1.21 bits per heavy atom. The van der Waals surface area contributed by atoms with Gasteiger partial charge in [-0.25, -0.2) is 4.98 Å². The van der Waals surface area contributed by atoms with E-state index in [0.717, 1.165) is 16.6 Å². The van der Waals surface area contributed by atoms with Gasteiger partial charge in [-0.3, -0.25) is 9.78 Å². The summed E-state index contributed by atoms with van der Waals surface area (Å²) in [5.74, 6) is 1.54. The lowest BCUT2D eigenvalue weighted by molar-refractivity contribution is 0.0930. The number of carbonyl (C=O) groups is 1. The molecule has 1 saturated carbocycles. The van der Waals surface area contributed by atoms with E-state index < -0.39 is 5.60 Å². The van der Waals surface area contributed by atoms with Crippen molar-refractivity contribution in [2.24, 2.45) is 5.92 Å². The number of halogens is 2. The molecule has 33 heavy (non-hydrogen) atoms. The van der Waals surface area contributed by atoms with Crippen LogP contribution in [-0.4, -0.2) is 33.0 Å². The highest BCUT2D eigenvalue weighted by atomic mass is 35.5. The number of rotatable bonds is 5. The summed E-state index contributed by atoms with van der Waals surface area (Å²) >= 11 is 12.5. The van der Waals surface area contributed by atoms with Gasteiger partial charge in [-0.2, -0.15) is 0 Å². The molecule has 1 aliphatic heterocycles. The Labute approximate surface area is 202 Å². The molecule has 0 atom stereocenters. The lowest BCUT2D eigenvalue weighted by Gasteiger charge is -2.22. The highest BCUT2D eigenvalue weighted by Crippen LogP contribution is 2.42. The van der Waals surface area contributed by atoms with Gasteiger partial charge in [0.05, 0.1) is 32.3 Å². The first-order valence-corrected chi connectivity index (χ1v) is 12.1. The number of nitrogens with one attached hydrogen (secondary N) is 3. The average molecular weight is 488 g/mol. The second-order valence-corrected chi connectivity index (χ2v) is 10.4. The van der Waals surface area contributed by atoms with E-state index in [1.54, 1.807) is 0 Å². The van der Waals surface area contributed by atoms with E-state index in [-0.39, 0.29) is 5.91 Å². The van der Waals surface area contributed by atoms with Gasteiger partial charge >= 0.3 is 0 Å². The average Bonchev–Trinajstić information content (AvgIpc) is 3.34. The molecule has 0 saturated heterocycles. The zero-order chi connectivity index (χ0) is 23.2. The van der Waals surface area contributed by atoms with Gasteiger partial charge in [-0.1, -0.05) is 42.5 Å². The number of H-pyrrole nitrogens is 1. The van der Waals surface area contributed by atoms with Gasteiger partial charge in [-0.05, 0) is 38.7 Å². The van der Waals surface area contributed by atoms with Gasteiger partial charge in [-0.15, -0.1) is 0 Å². The van der Waals surface area contributed by atoms with Gasteiger partial charge < -0.3 is 20.4 Å². The Morgan fingerprint density at radius 2 is 1.94 bits per heavy atom. The van der Waals surface area contributed by atoms with Crippen molar-refractivity contribution in [3.8, 4) is 5.75 Å². The molecule has 3 N–H and O–H groups in total. The quantitative estimate of drug-likeness (QED) is 0.408. The van der Waals surface area contributed by atoms with Crippen molar-refractivity contribution in [3.05, 3.63) is 39.6 Å². The van der Waals surface area contributed by atoms with Crippen molar-refractivity contribution < 1.29 is 9.53 Å². The number of aromatic nitrogens is 3. The molecule has 1 fully saturated rings. The molecule has 5 rings (SSSR count). The zero-order valence-corrected chi connectivity index (χ0v) is 20.2. The zero-order valence-electron chi connectivity index (χ0n) is 18.7. The molecule has 0 radical (unpaired) electrons. The summed E-state index contributed by atoms with van der Waals surface area (Å²) in [6.45, 7) is 4.74. The van der Waals surface area contributed by atoms with Crippen LogP contribution in [-0.2, 0) is 6.42 Å². The summed E-state index contributed by atoms with van der Waals surface area (Å²) in [4.78, 5) is 25.2. The first-order valence-electron chi connectivity index (χ1n) is 11.4. The van der Waals surface area contributed by atoms with E-state index in [1.165, 1.54) is 44.5 Å². The van der Waals surface area contributed by atoms with E-state index in [2.05, 4.69) is 20.6 Å². The van der Waals surface area contributed by atoms with Crippen LogP contribution in [0.25, 0.3) is 11.0 Å². The normalized spacial score (nSPS) is 17.6. The third-order valence-electron chi connectivity index (χ3n) is 6.42. The smallest absolute Gasteiger partial charge is 0.255 e. The Bertz CT molecular complexity index is 1200. The number of nitrogens with zero attached hydrogens (tertiary/aromatic N) is 2. The van der Waals surface area contributed by atoms with Crippen LogP contribution in [0.5, 0.6) is 5.75 Å². The molecule has 174 valence electrons. The second kappa shape index (κ2) is 8.69. The number of hydrogen-bond donors (Lipinski definition) is 3. The molecule has 0 spiro atoms. The standard InChI is InChI=1S/C24H27Cl2N5O2/c1-24(2)9-15-19-18(29-23(30-19)31-20-16(25)11-27-12-17(20)26)8-14(21(15)33-24)22(32)28-10-13-6-4-3-5-7-13/h8,11-13H,3-7,9-10H2,1-2H3,(H,28,32)(H2,27,29,30,31). The van der Waals surface area contributed by atoms with Crippen molar-refractivity contribution in [2.75, 3.05) is 11.9 Å². The van der Waals surface area contributed by atoms with E-state index in [1.807, 2.05) is 19.9 Å². The lowest BCUT2D eigenvalue weighted by Crippen LogP contribution is -2.31. The third kappa shape index (κ3) is 4.49. The van der Waals surface area contributed by atoms with E-state index in [4.69, 9.17) is 32.9 Å². The molecule has 9 heteroatoms. The van der Waals surface area contributed by atoms with E-state index in [0.29, 0.717) is 51.9 Å². The maximum absolute atomic E-state index is 13.2. The van der Waals surface area contributed by atoms with Crippen molar-refractivity contribution in [1.29, 1.82) is 0 Å². The molecule has 0 bridgehead atoms. The minimum atomic E-state index is -0.417. The first kappa shape index (κ1) is 22.3. The Balaban J connectivity index is 1.48. The Hall–Kier alpha value is -2.51. The molecule has 1 aliphatic carbocycles. The molecule has 3 heterocycles. The van der Waals surface area contributed by atoms with E-state index in [9.17, 15) is 4.79 Å². The number of pyridine rings is 1. The fourth-order valence-corrected chi connectivity index (χ4v) is 5.28. The fourth-order valence-electron chi connectivity index (χ4n) is 4.82. The number of hydrogen-bond acceptors (Lipinski definition) is 5. The number of amides is 1. The van der Waals surface area contributed by atoms with Crippen molar-refractivity contribution in [3.63, 3.8) is 0 Å². The summed E-state index contributed by atoms with van der Waals surface area (Å²) in [7, 11) is 0. The van der Waals surface area contributed by atoms with Crippen LogP contribution in [0, 0.1) is 5.92 Å². The highest BCUT2D eigenvalue weighted by Gasteiger charge is 2.36. The van der Waals surface area contributed by atoms with Crippen LogP contribution in [0.2, 0.25) is 10.0 Å². The van der Waals surface area contributed by atoms with E-state index >= 15 is 0 Å². The minimum Gasteiger partial charge on any atom is -0.486 e. The number of imidazole rings is 1. The van der Waals surface area contributed by atoms with Crippen LogP contribution >= 0.6 is 23.2 Å². The second-order valence-electron chi connectivity index (χ2n) is 9.57. The Morgan fingerprint density at radius 3 is 2.67 bits per heavy atom. The summed E-state index contributed by atoms with van der Waals surface area (Å²) < 4.78 is 6.23. The van der Waals surface area contributed by atoms with Crippen LogP contribution < -0.4 is 15.4 Å². The number of benzene rings is 1. The highest BCUT2D eigenvalue weighted by molar-refractivity contribution is 6.39. The number of anilines is 2. The largest absolute Gasteiger partial charge is 0.486 e. The molecule has 0 unspecified atom stereocenters. The summed E-state index contributed by atoms with van der Waals surface area (Å²) in [6.07, 6.45) is 9.83. The van der Waals surface area contributed by atoms with Gasteiger partial charge in [0, 0.05) is 30.9 Å². The SMILES string of the molecule is CC1(C)Cc2c(c(C(=O)NCC3CCCCC3)cc3[nH]c(Nc4c(Cl)cncc4Cl)nc23)O1. The maximum Gasteiger partial charge on any atom is 0.255 e. The van der Waals surface area contributed by atoms with Crippen LogP contribution in [0.15, 0.2) is 18.5 Å². The number of aromatic amines is 1. The molecule has 7 nitrogen and oxygen atoms in total. The number of ether oxygens (including phenoxy) is 1. The first-order chi connectivity index (χ1) is 15.8. The fraction of sp³-hybridized carbons (Fsp3) is 0.458. The predicted molar refractivity (Wildman–Crippen MR) is 131 cm³/mol. The van der Waals surface area contributed by atoms with Crippen LogP contribution in [0.1, 0.15) is 61.9 Å². The van der Waals surface area contributed by atoms with Crippen molar-refractivity contribution in [1.82, 2.24) is 20.3 Å². The number of carbonyl (C=O) groups excluding carboxylic acids is 1. The molecule has 3 aromatic rings. The van der Waals surface area contributed by atoms with Gasteiger partial charge in [0.1, 0.15) is 11.4 Å². The maximum atomic E-state index is 13.2. The monoisotopic (exact) mass is 487 g/mol. The topological polar surface area (TPSA) is 91.9 Å². The van der Waals surface area contributed by atoms with Crippen LogP contribution in [0.3, 0.4) is 0 Å². The number of fused-ring (bicyclic) bond motifs is 3. The molecule has 1 aromatic carbocycles.